The van der Waals surface area contributed by atoms with E-state index < -0.39 is 0 Å². The predicted molar refractivity (Wildman–Crippen MR) is 71.0 cm³/mol. The van der Waals surface area contributed by atoms with E-state index in [0.29, 0.717) is 11.1 Å². The van der Waals surface area contributed by atoms with Crippen molar-refractivity contribution in [3.8, 4) is 0 Å². The second kappa shape index (κ2) is 4.35. The Morgan fingerprint density at radius 2 is 2.11 bits per heavy atom. The highest BCUT2D eigenvalue weighted by Crippen LogP contribution is 2.45. The summed E-state index contributed by atoms with van der Waals surface area (Å²) in [6.45, 7) is 2.94. The molecule has 2 saturated carbocycles. The van der Waals surface area contributed by atoms with Gasteiger partial charge in [-0.1, -0.05) is 11.6 Å². The summed E-state index contributed by atoms with van der Waals surface area (Å²) in [7, 11) is 0. The molecule has 2 fully saturated rings. The van der Waals surface area contributed by atoms with E-state index in [1.165, 1.54) is 12.8 Å². The van der Waals surface area contributed by atoms with Crippen molar-refractivity contribution in [1.29, 1.82) is 0 Å². The lowest BCUT2D eigenvalue weighted by Crippen LogP contribution is -2.20. The molecule has 18 heavy (non-hydrogen) atoms. The van der Waals surface area contributed by atoms with Gasteiger partial charge in [0.05, 0.1) is 6.61 Å². The lowest BCUT2D eigenvalue weighted by Gasteiger charge is -2.15. The molecule has 0 spiro atoms. The number of hydrogen-bond acceptors (Lipinski definition) is 4. The maximum absolute atomic E-state index is 9.31. The van der Waals surface area contributed by atoms with Crippen LogP contribution in [0.15, 0.2) is 0 Å². The Labute approximate surface area is 112 Å². The predicted octanol–water partition coefficient (Wildman–Crippen LogP) is 2.50. The fourth-order valence-electron chi connectivity index (χ4n) is 2.04. The van der Waals surface area contributed by atoms with Crippen LogP contribution >= 0.6 is 11.6 Å². The largest absolute Gasteiger partial charge is 0.396 e. The second-order valence-corrected chi connectivity index (χ2v) is 5.99. The highest BCUT2D eigenvalue weighted by Gasteiger charge is 2.42. The molecule has 98 valence electrons. The van der Waals surface area contributed by atoms with Gasteiger partial charge in [-0.3, -0.25) is 0 Å². The van der Waals surface area contributed by atoms with Crippen LogP contribution in [0.4, 0.5) is 5.82 Å². The normalized spacial score (nSPS) is 20.8. The quantitative estimate of drug-likeness (QED) is 0.805. The standard InChI is InChI=1S/C13H18ClN3O/c1-8-10(14)16-12(9-2-3-9)17-11(8)15-6-13(7-18)4-5-13/h9,18H,2-7H2,1H3,(H,15,16,17). The SMILES string of the molecule is Cc1c(Cl)nc(C2CC2)nc1NCC1(CO)CC1. The molecule has 1 aromatic heterocycles. The molecule has 2 N–H and O–H groups in total. The molecule has 0 amide bonds. The first-order valence-corrected chi connectivity index (χ1v) is 6.90. The first-order valence-electron chi connectivity index (χ1n) is 6.52. The van der Waals surface area contributed by atoms with Crippen molar-refractivity contribution in [3.05, 3.63) is 16.5 Å². The third-order valence-electron chi connectivity index (χ3n) is 3.97. The Bertz CT molecular complexity index is 470. The number of nitrogens with zero attached hydrogens (tertiary/aromatic N) is 2. The summed E-state index contributed by atoms with van der Waals surface area (Å²) in [5, 5.41) is 13.2. The van der Waals surface area contributed by atoms with Gasteiger partial charge in [-0.2, -0.15) is 0 Å². The van der Waals surface area contributed by atoms with Crippen LogP contribution < -0.4 is 5.32 Å². The molecule has 1 heterocycles. The smallest absolute Gasteiger partial charge is 0.137 e. The average Bonchev–Trinajstić information content (AvgIpc) is 3.26. The highest BCUT2D eigenvalue weighted by atomic mass is 35.5. The summed E-state index contributed by atoms with van der Waals surface area (Å²) in [6.07, 6.45) is 4.51. The van der Waals surface area contributed by atoms with Gasteiger partial charge in [0.1, 0.15) is 16.8 Å². The first kappa shape index (κ1) is 12.2. The molecule has 0 saturated heterocycles. The minimum atomic E-state index is 0.0730. The van der Waals surface area contributed by atoms with Crippen molar-refractivity contribution in [3.63, 3.8) is 0 Å². The number of aliphatic hydroxyl groups is 1. The lowest BCUT2D eigenvalue weighted by molar-refractivity contribution is 0.219. The third kappa shape index (κ3) is 2.31. The zero-order valence-corrected chi connectivity index (χ0v) is 11.3. The monoisotopic (exact) mass is 267 g/mol. The Hall–Kier alpha value is -0.870. The van der Waals surface area contributed by atoms with Gasteiger partial charge in [-0.15, -0.1) is 0 Å². The summed E-state index contributed by atoms with van der Waals surface area (Å²) in [4.78, 5) is 8.91. The first-order chi connectivity index (χ1) is 8.63. The van der Waals surface area contributed by atoms with Gasteiger partial charge in [-0.25, -0.2) is 9.97 Å². The van der Waals surface area contributed by atoms with Crippen molar-refractivity contribution in [2.45, 2.75) is 38.5 Å². The average molecular weight is 268 g/mol. The van der Waals surface area contributed by atoms with Gasteiger partial charge in [0, 0.05) is 23.4 Å². The van der Waals surface area contributed by atoms with E-state index in [0.717, 1.165) is 36.6 Å². The highest BCUT2D eigenvalue weighted by molar-refractivity contribution is 6.30. The topological polar surface area (TPSA) is 58.0 Å². The maximum Gasteiger partial charge on any atom is 0.137 e. The molecule has 3 rings (SSSR count). The number of aromatic nitrogens is 2. The van der Waals surface area contributed by atoms with Crippen LogP contribution in [0.25, 0.3) is 0 Å². The van der Waals surface area contributed by atoms with E-state index in [-0.39, 0.29) is 12.0 Å². The number of rotatable bonds is 5. The minimum Gasteiger partial charge on any atom is -0.396 e. The molecular formula is C13H18ClN3O. The van der Waals surface area contributed by atoms with Crippen molar-refractivity contribution in [2.75, 3.05) is 18.5 Å². The summed E-state index contributed by atoms with van der Waals surface area (Å²) in [5.41, 5.74) is 0.971. The van der Waals surface area contributed by atoms with Gasteiger partial charge in [0.2, 0.25) is 0 Å². The number of halogens is 1. The molecule has 2 aliphatic carbocycles. The van der Waals surface area contributed by atoms with Crippen LogP contribution in [-0.4, -0.2) is 28.2 Å². The maximum atomic E-state index is 9.31. The van der Waals surface area contributed by atoms with Crippen LogP contribution in [-0.2, 0) is 0 Å². The van der Waals surface area contributed by atoms with Crippen LogP contribution in [0.5, 0.6) is 0 Å². The Kier molecular flexibility index (Phi) is 2.94. The summed E-state index contributed by atoms with van der Waals surface area (Å²) < 4.78 is 0. The van der Waals surface area contributed by atoms with E-state index in [4.69, 9.17) is 11.6 Å². The molecule has 4 nitrogen and oxygen atoms in total. The van der Waals surface area contributed by atoms with Gasteiger partial charge < -0.3 is 10.4 Å². The summed E-state index contributed by atoms with van der Waals surface area (Å²) in [6, 6.07) is 0. The number of anilines is 1. The van der Waals surface area contributed by atoms with Crippen LogP contribution in [0.2, 0.25) is 5.15 Å². The van der Waals surface area contributed by atoms with Crippen LogP contribution in [0.1, 0.15) is 43.0 Å². The Morgan fingerprint density at radius 3 is 2.67 bits per heavy atom. The lowest BCUT2D eigenvalue weighted by atomic mass is 10.1. The molecule has 0 aromatic carbocycles. The fourth-order valence-corrected chi connectivity index (χ4v) is 2.22. The molecule has 0 bridgehead atoms. The zero-order chi connectivity index (χ0) is 12.8. The second-order valence-electron chi connectivity index (χ2n) is 5.63. The summed E-state index contributed by atoms with van der Waals surface area (Å²) in [5.74, 6) is 2.19. The minimum absolute atomic E-state index is 0.0730. The van der Waals surface area contributed by atoms with E-state index in [9.17, 15) is 5.11 Å². The van der Waals surface area contributed by atoms with E-state index >= 15 is 0 Å². The van der Waals surface area contributed by atoms with Crippen molar-refractivity contribution in [1.82, 2.24) is 9.97 Å². The Morgan fingerprint density at radius 1 is 1.39 bits per heavy atom. The Balaban J connectivity index is 1.77. The third-order valence-corrected chi connectivity index (χ3v) is 4.34. The zero-order valence-electron chi connectivity index (χ0n) is 10.5. The van der Waals surface area contributed by atoms with Crippen molar-refractivity contribution < 1.29 is 5.11 Å². The summed E-state index contributed by atoms with van der Waals surface area (Å²) >= 11 is 6.15. The van der Waals surface area contributed by atoms with Crippen LogP contribution in [0.3, 0.4) is 0 Å². The molecule has 0 atom stereocenters. The van der Waals surface area contributed by atoms with Gasteiger partial charge >= 0.3 is 0 Å². The molecule has 2 aliphatic rings. The molecule has 0 unspecified atom stereocenters. The van der Waals surface area contributed by atoms with Crippen LogP contribution in [0, 0.1) is 12.3 Å². The van der Waals surface area contributed by atoms with Crippen molar-refractivity contribution in [2.24, 2.45) is 5.41 Å². The fraction of sp³-hybridized carbons (Fsp3) is 0.692. The van der Waals surface area contributed by atoms with E-state index in [2.05, 4.69) is 15.3 Å². The molecular weight excluding hydrogens is 250 g/mol. The molecule has 5 heteroatoms. The number of aliphatic hydroxyl groups excluding tert-OH is 1. The van der Waals surface area contributed by atoms with Crippen molar-refractivity contribution >= 4 is 17.4 Å². The number of nitrogens with one attached hydrogen (secondary N) is 1. The molecule has 0 radical (unpaired) electrons. The van der Waals surface area contributed by atoms with Gasteiger partial charge in [0.25, 0.3) is 0 Å². The van der Waals surface area contributed by atoms with Gasteiger partial charge in [0.15, 0.2) is 0 Å². The molecule has 1 aromatic rings. The van der Waals surface area contributed by atoms with E-state index in [1.807, 2.05) is 6.92 Å². The number of hydrogen-bond donors (Lipinski definition) is 2. The van der Waals surface area contributed by atoms with Gasteiger partial charge in [-0.05, 0) is 32.6 Å². The van der Waals surface area contributed by atoms with E-state index in [1.54, 1.807) is 0 Å². The molecule has 0 aliphatic heterocycles.